The number of nitriles is 1. The lowest BCUT2D eigenvalue weighted by atomic mass is 9.94. The average molecular weight is 133 g/mol. The zero-order chi connectivity index (χ0) is 7.56. The topological polar surface area (TPSA) is 23.8 Å². The van der Waals surface area contributed by atoms with Crippen molar-refractivity contribution in [2.75, 3.05) is 0 Å². The summed E-state index contributed by atoms with van der Waals surface area (Å²) in [5.41, 5.74) is 1.01. The molecule has 0 fully saturated rings. The second-order valence-electron chi connectivity index (χ2n) is 2.08. The van der Waals surface area contributed by atoms with E-state index in [4.69, 9.17) is 5.26 Å². The lowest BCUT2D eigenvalue weighted by molar-refractivity contribution is 0.636. The molecule has 0 saturated heterocycles. The normalized spacial score (nSPS) is 8.80. The van der Waals surface area contributed by atoms with Gasteiger partial charge in [0, 0.05) is 0 Å². The van der Waals surface area contributed by atoms with Crippen molar-refractivity contribution in [3.63, 3.8) is 0 Å². The maximum atomic E-state index is 12.5. The van der Waals surface area contributed by atoms with Crippen LogP contribution in [0.1, 0.15) is 5.56 Å². The molecule has 48 valence electrons. The largest absolute Gasteiger partial charge is 0.208 e. The first-order chi connectivity index (χ1) is 4.74. The van der Waals surface area contributed by atoms with Crippen LogP contribution >= 0.6 is 0 Å². The highest BCUT2D eigenvalue weighted by molar-refractivity contribution is 6.32. The van der Waals surface area contributed by atoms with E-state index in [9.17, 15) is 4.39 Å². The van der Waals surface area contributed by atoms with E-state index in [-0.39, 0.29) is 5.82 Å². The van der Waals surface area contributed by atoms with Crippen molar-refractivity contribution < 1.29 is 4.39 Å². The summed E-state index contributed by atoms with van der Waals surface area (Å²) in [7, 11) is 1.64. The van der Waals surface area contributed by atoms with Crippen molar-refractivity contribution in [3.05, 3.63) is 29.6 Å². The van der Waals surface area contributed by atoms with E-state index >= 15 is 0 Å². The molecule has 0 aliphatic carbocycles. The smallest absolute Gasteiger partial charge is 0.143 e. The van der Waals surface area contributed by atoms with Crippen LogP contribution in [0.5, 0.6) is 0 Å². The zero-order valence-corrected chi connectivity index (χ0v) is 5.56. The van der Waals surface area contributed by atoms with Gasteiger partial charge >= 0.3 is 0 Å². The van der Waals surface area contributed by atoms with E-state index in [1.54, 1.807) is 7.85 Å². The molecule has 0 bridgehead atoms. The molecule has 0 aromatic heterocycles. The van der Waals surface area contributed by atoms with E-state index < -0.39 is 0 Å². The van der Waals surface area contributed by atoms with Crippen LogP contribution in [-0.2, 0) is 0 Å². The van der Waals surface area contributed by atoms with Crippen LogP contribution in [0, 0.1) is 17.1 Å². The number of hydrogen-bond donors (Lipinski definition) is 0. The van der Waals surface area contributed by atoms with Crippen LogP contribution in [0.4, 0.5) is 4.39 Å². The summed E-state index contributed by atoms with van der Waals surface area (Å²) in [6, 6.07) is 6.21. The summed E-state index contributed by atoms with van der Waals surface area (Å²) in [6.07, 6.45) is 0. The molecule has 0 unspecified atom stereocenters. The minimum Gasteiger partial charge on any atom is -0.208 e. The third-order valence-electron chi connectivity index (χ3n) is 1.29. The van der Waals surface area contributed by atoms with Gasteiger partial charge in [-0.2, -0.15) is 5.26 Å². The maximum absolute atomic E-state index is 12.5. The van der Waals surface area contributed by atoms with Crippen molar-refractivity contribution in [3.8, 4) is 6.07 Å². The van der Waals surface area contributed by atoms with Crippen molar-refractivity contribution >= 4 is 13.3 Å². The van der Waals surface area contributed by atoms with E-state index in [1.807, 2.05) is 6.07 Å². The standard InChI is InChI=1S/C7H5BFN/c8-6-3-5(4-10)1-2-7(6)9/h1-3H,8H2. The summed E-state index contributed by atoms with van der Waals surface area (Å²) in [4.78, 5) is 0. The second kappa shape index (κ2) is 2.53. The highest BCUT2D eigenvalue weighted by Crippen LogP contribution is 1.96. The Kier molecular flexibility index (Phi) is 1.72. The van der Waals surface area contributed by atoms with Crippen LogP contribution in [-0.4, -0.2) is 7.85 Å². The Morgan fingerprint density at radius 2 is 2.20 bits per heavy atom. The number of halogens is 1. The molecule has 3 heteroatoms. The molecule has 0 atom stereocenters. The molecular formula is C7H5BFN. The first kappa shape index (κ1) is 6.82. The molecule has 10 heavy (non-hydrogen) atoms. The summed E-state index contributed by atoms with van der Waals surface area (Å²) in [6.45, 7) is 0. The lowest BCUT2D eigenvalue weighted by Crippen LogP contribution is -2.07. The van der Waals surface area contributed by atoms with Crippen LogP contribution in [0.2, 0.25) is 0 Å². The Morgan fingerprint density at radius 1 is 1.50 bits per heavy atom. The van der Waals surface area contributed by atoms with Gasteiger partial charge < -0.3 is 0 Å². The highest BCUT2D eigenvalue weighted by Gasteiger charge is 1.95. The average Bonchev–Trinajstić information content (AvgIpc) is 1.95. The van der Waals surface area contributed by atoms with Gasteiger partial charge in [0.2, 0.25) is 0 Å². The first-order valence-electron chi connectivity index (χ1n) is 2.90. The van der Waals surface area contributed by atoms with Crippen LogP contribution < -0.4 is 5.46 Å². The number of nitrogens with zero attached hydrogens (tertiary/aromatic N) is 1. The maximum Gasteiger partial charge on any atom is 0.143 e. The van der Waals surface area contributed by atoms with Gasteiger partial charge in [-0.25, -0.2) is 4.39 Å². The van der Waals surface area contributed by atoms with E-state index in [0.29, 0.717) is 11.0 Å². The molecule has 1 rings (SSSR count). The molecule has 0 aliphatic rings. The number of hydrogen-bond acceptors (Lipinski definition) is 1. The van der Waals surface area contributed by atoms with Crippen LogP contribution in [0.25, 0.3) is 0 Å². The number of benzene rings is 1. The molecular weight excluding hydrogens is 128 g/mol. The Hall–Kier alpha value is -1.30. The molecule has 0 N–H and O–H groups in total. The molecule has 0 amide bonds. The SMILES string of the molecule is Bc1cc(C#N)ccc1F. The molecule has 0 saturated carbocycles. The second-order valence-corrected chi connectivity index (χ2v) is 2.08. The Morgan fingerprint density at radius 3 is 2.70 bits per heavy atom. The minimum absolute atomic E-state index is 0.265. The van der Waals surface area contributed by atoms with Gasteiger partial charge in [-0.1, -0.05) is 5.46 Å². The molecule has 0 heterocycles. The van der Waals surface area contributed by atoms with Gasteiger partial charge in [-0.3, -0.25) is 0 Å². The van der Waals surface area contributed by atoms with Gasteiger partial charge in [-0.15, -0.1) is 0 Å². The molecule has 0 radical (unpaired) electrons. The summed E-state index contributed by atoms with van der Waals surface area (Å²) < 4.78 is 12.5. The van der Waals surface area contributed by atoms with E-state index in [1.165, 1.54) is 18.2 Å². The fraction of sp³-hybridized carbons (Fsp3) is 0. The fourth-order valence-electron chi connectivity index (χ4n) is 0.714. The fourth-order valence-corrected chi connectivity index (χ4v) is 0.714. The molecule has 0 aliphatic heterocycles. The Bertz CT molecular complexity index is 290. The molecule has 1 nitrogen and oxygen atoms in total. The predicted octanol–water partition coefficient (Wildman–Crippen LogP) is -0.0442. The summed E-state index contributed by atoms with van der Waals surface area (Å²) in [5, 5.41) is 8.38. The quantitative estimate of drug-likeness (QED) is 0.455. The third-order valence-corrected chi connectivity index (χ3v) is 1.29. The molecule has 1 aromatic rings. The van der Waals surface area contributed by atoms with Gasteiger partial charge in [0.15, 0.2) is 0 Å². The van der Waals surface area contributed by atoms with E-state index in [0.717, 1.165) is 0 Å². The van der Waals surface area contributed by atoms with Crippen molar-refractivity contribution in [2.24, 2.45) is 0 Å². The Labute approximate surface area is 59.5 Å². The van der Waals surface area contributed by atoms with Crippen molar-refractivity contribution in [2.45, 2.75) is 0 Å². The summed E-state index contributed by atoms with van der Waals surface area (Å²) in [5.74, 6) is -0.265. The van der Waals surface area contributed by atoms with E-state index in [2.05, 4.69) is 0 Å². The van der Waals surface area contributed by atoms with Gasteiger partial charge in [-0.05, 0) is 18.2 Å². The van der Waals surface area contributed by atoms with Crippen LogP contribution in [0.15, 0.2) is 18.2 Å². The molecule has 1 aromatic carbocycles. The lowest BCUT2D eigenvalue weighted by Gasteiger charge is -1.93. The zero-order valence-electron chi connectivity index (χ0n) is 5.56. The van der Waals surface area contributed by atoms with Crippen LogP contribution in [0.3, 0.4) is 0 Å². The van der Waals surface area contributed by atoms with Crippen molar-refractivity contribution in [1.82, 2.24) is 0 Å². The minimum atomic E-state index is -0.265. The highest BCUT2D eigenvalue weighted by atomic mass is 19.1. The molecule has 0 spiro atoms. The summed E-state index contributed by atoms with van der Waals surface area (Å²) >= 11 is 0. The number of rotatable bonds is 0. The first-order valence-corrected chi connectivity index (χ1v) is 2.90. The monoisotopic (exact) mass is 133 g/mol. The predicted molar refractivity (Wildman–Crippen MR) is 39.3 cm³/mol. The third kappa shape index (κ3) is 1.16. The van der Waals surface area contributed by atoms with Gasteiger partial charge in [0.25, 0.3) is 0 Å². The van der Waals surface area contributed by atoms with Gasteiger partial charge in [0.05, 0.1) is 11.6 Å². The Balaban J connectivity index is 3.20. The van der Waals surface area contributed by atoms with Gasteiger partial charge in [0.1, 0.15) is 13.7 Å². The van der Waals surface area contributed by atoms with Crippen molar-refractivity contribution in [1.29, 1.82) is 5.26 Å².